The topological polar surface area (TPSA) is 61.4 Å². The van der Waals surface area contributed by atoms with Crippen molar-refractivity contribution in [2.75, 3.05) is 31.5 Å². The third-order valence-electron chi connectivity index (χ3n) is 5.74. The molecule has 0 atom stereocenters. The average molecular weight is 394 g/mol. The fourth-order valence-corrected chi connectivity index (χ4v) is 3.85. The first-order valence-corrected chi connectivity index (χ1v) is 10.4. The summed E-state index contributed by atoms with van der Waals surface area (Å²) in [7, 11) is 0. The fourth-order valence-electron chi connectivity index (χ4n) is 3.85. The van der Waals surface area contributed by atoms with Gasteiger partial charge in [0, 0.05) is 18.8 Å². The molecular weight excluding hydrogens is 362 g/mol. The molecule has 1 fully saturated rings. The van der Waals surface area contributed by atoms with Crippen molar-refractivity contribution in [2.45, 2.75) is 33.1 Å². The molecule has 1 saturated heterocycles. The van der Waals surface area contributed by atoms with E-state index >= 15 is 0 Å². The molecular formula is C24H31N3O2. The lowest BCUT2D eigenvalue weighted by atomic mass is 9.96. The van der Waals surface area contributed by atoms with Crippen LogP contribution >= 0.6 is 0 Å². The summed E-state index contributed by atoms with van der Waals surface area (Å²) in [6.07, 6.45) is 3.17. The summed E-state index contributed by atoms with van der Waals surface area (Å²) in [5.41, 5.74) is 4.00. The molecule has 5 nitrogen and oxygen atoms in total. The number of benzene rings is 2. The maximum atomic E-state index is 12.2. The number of rotatable bonds is 6. The van der Waals surface area contributed by atoms with Crippen LogP contribution in [0, 0.1) is 19.8 Å². The summed E-state index contributed by atoms with van der Waals surface area (Å²) < 4.78 is 0. The van der Waals surface area contributed by atoms with Gasteiger partial charge < -0.3 is 15.5 Å². The number of para-hydroxylation sites is 1. The number of carbonyl (C=O) groups excluding carboxylic acids is 2. The third-order valence-corrected chi connectivity index (χ3v) is 5.74. The first kappa shape index (κ1) is 21.1. The molecule has 0 radical (unpaired) electrons. The molecule has 2 aromatic carbocycles. The Labute approximate surface area is 173 Å². The van der Waals surface area contributed by atoms with Gasteiger partial charge in [0.2, 0.25) is 0 Å². The second-order valence-corrected chi connectivity index (χ2v) is 7.95. The van der Waals surface area contributed by atoms with Crippen molar-refractivity contribution in [2.24, 2.45) is 5.92 Å². The molecule has 29 heavy (non-hydrogen) atoms. The van der Waals surface area contributed by atoms with Gasteiger partial charge in [0.25, 0.3) is 0 Å². The second kappa shape index (κ2) is 10.2. The number of hydrogen-bond donors (Lipinski definition) is 2. The molecule has 1 aliphatic rings. The number of nitrogens with one attached hydrogen (secondary N) is 2. The van der Waals surface area contributed by atoms with Gasteiger partial charge in [0.05, 0.1) is 0 Å². The number of carbonyl (C=O) groups is 2. The zero-order valence-electron chi connectivity index (χ0n) is 17.4. The number of nitrogens with zero attached hydrogens (tertiary/aromatic N) is 1. The highest BCUT2D eigenvalue weighted by Crippen LogP contribution is 2.19. The minimum absolute atomic E-state index is 0.430. The van der Waals surface area contributed by atoms with E-state index in [1.54, 1.807) is 0 Å². The molecule has 0 bridgehead atoms. The number of anilines is 1. The predicted molar refractivity (Wildman–Crippen MR) is 117 cm³/mol. The van der Waals surface area contributed by atoms with Gasteiger partial charge in [-0.15, -0.1) is 0 Å². The van der Waals surface area contributed by atoms with E-state index in [9.17, 15) is 9.59 Å². The van der Waals surface area contributed by atoms with Crippen LogP contribution in [0.4, 0.5) is 5.69 Å². The van der Waals surface area contributed by atoms with Crippen molar-refractivity contribution in [1.82, 2.24) is 10.2 Å². The zero-order chi connectivity index (χ0) is 20.6. The van der Waals surface area contributed by atoms with Gasteiger partial charge in [-0.2, -0.15) is 0 Å². The van der Waals surface area contributed by atoms with Crippen LogP contribution in [0.2, 0.25) is 0 Å². The summed E-state index contributed by atoms with van der Waals surface area (Å²) >= 11 is 0. The van der Waals surface area contributed by atoms with Crippen molar-refractivity contribution >= 4 is 17.5 Å². The summed E-state index contributed by atoms with van der Waals surface area (Å²) in [6.45, 7) is 7.56. The monoisotopic (exact) mass is 393 g/mol. The van der Waals surface area contributed by atoms with Crippen LogP contribution in [-0.2, 0) is 16.0 Å². The number of amides is 2. The van der Waals surface area contributed by atoms with E-state index in [1.165, 1.54) is 5.56 Å². The minimum Gasteiger partial charge on any atom is -0.348 e. The summed E-state index contributed by atoms with van der Waals surface area (Å²) in [6, 6.07) is 16.3. The second-order valence-electron chi connectivity index (χ2n) is 7.95. The molecule has 0 aromatic heterocycles. The van der Waals surface area contributed by atoms with E-state index in [4.69, 9.17) is 0 Å². The van der Waals surface area contributed by atoms with Crippen molar-refractivity contribution in [1.29, 1.82) is 0 Å². The first-order chi connectivity index (χ1) is 14.0. The Kier molecular flexibility index (Phi) is 7.42. The predicted octanol–water partition coefficient (Wildman–Crippen LogP) is 3.31. The normalized spacial score (nSPS) is 15.1. The number of likely N-dealkylation sites (tertiary alicyclic amines) is 1. The standard InChI is InChI=1S/C24H31N3O2/c1-18-7-6-8-19(2)22(18)26-24(29)23(28)25-17-21-12-15-27(16-13-21)14-11-20-9-4-3-5-10-20/h3-10,21H,11-17H2,1-2H3,(H,25,28)(H,26,29). The van der Waals surface area contributed by atoms with Crippen LogP contribution in [0.5, 0.6) is 0 Å². The maximum absolute atomic E-state index is 12.2. The fraction of sp³-hybridized carbons (Fsp3) is 0.417. The van der Waals surface area contributed by atoms with Crippen LogP contribution < -0.4 is 10.6 Å². The van der Waals surface area contributed by atoms with Crippen molar-refractivity contribution in [3.8, 4) is 0 Å². The van der Waals surface area contributed by atoms with E-state index in [1.807, 2.05) is 38.1 Å². The molecule has 0 aliphatic carbocycles. The minimum atomic E-state index is -0.595. The van der Waals surface area contributed by atoms with Crippen LogP contribution in [0.15, 0.2) is 48.5 Å². The van der Waals surface area contributed by atoms with Gasteiger partial charge in [0.15, 0.2) is 0 Å². The summed E-state index contributed by atoms with van der Waals surface area (Å²) in [5, 5.41) is 5.56. The van der Waals surface area contributed by atoms with E-state index in [-0.39, 0.29) is 0 Å². The van der Waals surface area contributed by atoms with Gasteiger partial charge in [-0.25, -0.2) is 0 Å². The molecule has 0 unspecified atom stereocenters. The Morgan fingerprint density at radius 2 is 1.59 bits per heavy atom. The summed E-state index contributed by atoms with van der Waals surface area (Å²) in [4.78, 5) is 26.9. The zero-order valence-corrected chi connectivity index (χ0v) is 17.4. The lowest BCUT2D eigenvalue weighted by Gasteiger charge is -2.32. The number of hydrogen-bond acceptors (Lipinski definition) is 3. The maximum Gasteiger partial charge on any atom is 0.313 e. The highest BCUT2D eigenvalue weighted by atomic mass is 16.2. The van der Waals surface area contributed by atoms with Crippen LogP contribution in [0.25, 0.3) is 0 Å². The van der Waals surface area contributed by atoms with Gasteiger partial charge in [-0.1, -0.05) is 48.5 Å². The highest BCUT2D eigenvalue weighted by molar-refractivity contribution is 6.39. The quantitative estimate of drug-likeness (QED) is 0.740. The van der Waals surface area contributed by atoms with E-state index in [0.29, 0.717) is 12.5 Å². The molecule has 2 aromatic rings. The lowest BCUT2D eigenvalue weighted by molar-refractivity contribution is -0.136. The molecule has 1 heterocycles. The SMILES string of the molecule is Cc1cccc(C)c1NC(=O)C(=O)NCC1CCN(CCc2ccccc2)CC1. The Bertz CT molecular complexity index is 807. The highest BCUT2D eigenvalue weighted by Gasteiger charge is 2.21. The van der Waals surface area contributed by atoms with Crippen molar-refractivity contribution in [3.05, 3.63) is 65.2 Å². The molecule has 2 amide bonds. The van der Waals surface area contributed by atoms with Crippen LogP contribution in [-0.4, -0.2) is 42.9 Å². The number of aryl methyl sites for hydroxylation is 2. The molecule has 2 N–H and O–H groups in total. The smallest absolute Gasteiger partial charge is 0.313 e. The van der Waals surface area contributed by atoms with Gasteiger partial charge in [-0.05, 0) is 68.8 Å². The molecule has 154 valence electrons. The van der Waals surface area contributed by atoms with Crippen LogP contribution in [0.1, 0.15) is 29.5 Å². The molecule has 5 heteroatoms. The third kappa shape index (κ3) is 6.16. The Balaban J connectivity index is 1.37. The van der Waals surface area contributed by atoms with Crippen molar-refractivity contribution < 1.29 is 9.59 Å². The van der Waals surface area contributed by atoms with E-state index in [0.717, 1.165) is 55.7 Å². The molecule has 3 rings (SSSR count). The molecule has 0 spiro atoms. The first-order valence-electron chi connectivity index (χ1n) is 10.4. The molecule has 0 saturated carbocycles. The Hall–Kier alpha value is -2.66. The van der Waals surface area contributed by atoms with Crippen molar-refractivity contribution in [3.63, 3.8) is 0 Å². The van der Waals surface area contributed by atoms with Gasteiger partial charge in [-0.3, -0.25) is 9.59 Å². The largest absolute Gasteiger partial charge is 0.348 e. The van der Waals surface area contributed by atoms with Crippen LogP contribution in [0.3, 0.4) is 0 Å². The number of piperidine rings is 1. The summed E-state index contributed by atoms with van der Waals surface area (Å²) in [5.74, 6) is -0.721. The van der Waals surface area contributed by atoms with E-state index < -0.39 is 11.8 Å². The van der Waals surface area contributed by atoms with Gasteiger partial charge in [0.1, 0.15) is 0 Å². The average Bonchev–Trinajstić information content (AvgIpc) is 2.74. The Morgan fingerprint density at radius 1 is 0.931 bits per heavy atom. The molecule has 1 aliphatic heterocycles. The van der Waals surface area contributed by atoms with E-state index in [2.05, 4.69) is 39.8 Å². The van der Waals surface area contributed by atoms with Gasteiger partial charge >= 0.3 is 11.8 Å². The lowest BCUT2D eigenvalue weighted by Crippen LogP contribution is -2.42. The Morgan fingerprint density at radius 3 is 2.24 bits per heavy atom.